The highest BCUT2D eigenvalue weighted by atomic mass is 16.5. The molecule has 6 rings (SSSR count). The molecule has 4 fully saturated rings. The quantitative estimate of drug-likeness (QED) is 0.739. The van der Waals surface area contributed by atoms with Crippen LogP contribution in [0, 0.1) is 23.2 Å². The summed E-state index contributed by atoms with van der Waals surface area (Å²) in [5.74, 6) is 3.37. The zero-order valence-corrected chi connectivity index (χ0v) is 17.0. The third-order valence-corrected chi connectivity index (χ3v) is 7.85. The summed E-state index contributed by atoms with van der Waals surface area (Å²) < 4.78 is 5.58. The molecule has 28 heavy (non-hydrogen) atoms. The van der Waals surface area contributed by atoms with Gasteiger partial charge in [-0.2, -0.15) is 0 Å². The fourth-order valence-electron chi connectivity index (χ4n) is 7.09. The van der Waals surface area contributed by atoms with Crippen LogP contribution in [0.3, 0.4) is 0 Å². The lowest BCUT2D eigenvalue weighted by Gasteiger charge is -2.59. The van der Waals surface area contributed by atoms with Gasteiger partial charge in [-0.05, 0) is 91.0 Å². The van der Waals surface area contributed by atoms with Crippen LogP contribution in [-0.4, -0.2) is 19.1 Å². The molecule has 4 bridgehead atoms. The normalized spacial score (nSPS) is 31.7. The van der Waals surface area contributed by atoms with E-state index in [0.29, 0.717) is 16.7 Å². The summed E-state index contributed by atoms with van der Waals surface area (Å²) in [6.45, 7) is 2.24. The van der Waals surface area contributed by atoms with Crippen LogP contribution in [0.15, 0.2) is 36.4 Å². The molecule has 4 saturated carbocycles. The van der Waals surface area contributed by atoms with Crippen molar-refractivity contribution in [1.82, 2.24) is 5.32 Å². The Labute approximate surface area is 167 Å². The standard InChI is InChI=1S/C25H31NO2/c1-3-23(25-13-16-8-17(14-25)10-18(9-16)15-25)26-24(27)21-11-19-6-4-5-7-20(19)12-22(21)28-2/h4-7,11-12,16-18,23H,3,8-10,13-15H2,1-2H3,(H,26,27)/t16?,17?,18?,23-,25?/m0/s1. The van der Waals surface area contributed by atoms with Crippen molar-refractivity contribution in [3.63, 3.8) is 0 Å². The minimum absolute atomic E-state index is 0.0187. The lowest BCUT2D eigenvalue weighted by Crippen LogP contribution is -2.56. The zero-order chi connectivity index (χ0) is 19.3. The molecule has 4 aliphatic carbocycles. The van der Waals surface area contributed by atoms with Crippen LogP contribution < -0.4 is 10.1 Å². The van der Waals surface area contributed by atoms with E-state index in [4.69, 9.17) is 4.74 Å². The van der Waals surface area contributed by atoms with Crippen molar-refractivity contribution in [2.75, 3.05) is 7.11 Å². The smallest absolute Gasteiger partial charge is 0.255 e. The first-order valence-corrected chi connectivity index (χ1v) is 11.0. The van der Waals surface area contributed by atoms with Gasteiger partial charge in [-0.25, -0.2) is 0 Å². The second kappa shape index (κ2) is 6.79. The van der Waals surface area contributed by atoms with Crippen LogP contribution in [-0.2, 0) is 0 Å². The van der Waals surface area contributed by atoms with Gasteiger partial charge in [-0.1, -0.05) is 31.2 Å². The molecule has 4 aliphatic rings. The number of hydrogen-bond donors (Lipinski definition) is 1. The molecule has 0 saturated heterocycles. The molecule has 0 spiro atoms. The highest BCUT2D eigenvalue weighted by Gasteiger charge is 2.54. The van der Waals surface area contributed by atoms with Crippen molar-refractivity contribution in [1.29, 1.82) is 0 Å². The highest BCUT2D eigenvalue weighted by Crippen LogP contribution is 2.61. The maximum atomic E-state index is 13.3. The number of hydrogen-bond acceptors (Lipinski definition) is 2. The van der Waals surface area contributed by atoms with Gasteiger partial charge in [0.15, 0.2) is 0 Å². The predicted molar refractivity (Wildman–Crippen MR) is 113 cm³/mol. The first-order valence-electron chi connectivity index (χ1n) is 11.0. The van der Waals surface area contributed by atoms with E-state index < -0.39 is 0 Å². The highest BCUT2D eigenvalue weighted by molar-refractivity contribution is 6.01. The number of fused-ring (bicyclic) bond motifs is 1. The fourth-order valence-corrected chi connectivity index (χ4v) is 7.09. The largest absolute Gasteiger partial charge is 0.496 e. The Hall–Kier alpha value is -2.03. The molecule has 1 N–H and O–H groups in total. The summed E-state index contributed by atoms with van der Waals surface area (Å²) in [7, 11) is 1.65. The number of methoxy groups -OCH3 is 1. The van der Waals surface area contributed by atoms with Crippen molar-refractivity contribution in [2.45, 2.75) is 57.9 Å². The Morgan fingerprint density at radius 2 is 1.64 bits per heavy atom. The summed E-state index contributed by atoms with van der Waals surface area (Å²) in [6, 6.07) is 12.4. The van der Waals surface area contributed by atoms with E-state index >= 15 is 0 Å². The molecule has 3 nitrogen and oxygen atoms in total. The fraction of sp³-hybridized carbons (Fsp3) is 0.560. The zero-order valence-electron chi connectivity index (χ0n) is 17.0. The molecule has 2 aromatic rings. The summed E-state index contributed by atoms with van der Waals surface area (Å²) in [5.41, 5.74) is 0.979. The second-order valence-electron chi connectivity index (χ2n) is 9.61. The minimum atomic E-state index is 0.0187. The Morgan fingerprint density at radius 1 is 1.07 bits per heavy atom. The number of carbonyl (C=O) groups is 1. The van der Waals surface area contributed by atoms with E-state index in [9.17, 15) is 4.79 Å². The Balaban J connectivity index is 1.43. The van der Waals surface area contributed by atoms with E-state index in [1.54, 1.807) is 7.11 Å². The van der Waals surface area contributed by atoms with Gasteiger partial charge >= 0.3 is 0 Å². The summed E-state index contributed by atoms with van der Waals surface area (Å²) in [4.78, 5) is 13.3. The van der Waals surface area contributed by atoms with Gasteiger partial charge in [-0.15, -0.1) is 0 Å². The first-order chi connectivity index (χ1) is 13.6. The van der Waals surface area contributed by atoms with E-state index in [1.807, 2.05) is 24.3 Å². The molecule has 0 aromatic heterocycles. The molecule has 0 radical (unpaired) electrons. The molecule has 0 aliphatic heterocycles. The van der Waals surface area contributed by atoms with Crippen molar-refractivity contribution >= 4 is 16.7 Å². The van der Waals surface area contributed by atoms with Gasteiger partial charge in [0.05, 0.1) is 12.7 Å². The molecular weight excluding hydrogens is 346 g/mol. The monoisotopic (exact) mass is 377 g/mol. The third kappa shape index (κ3) is 2.91. The lowest BCUT2D eigenvalue weighted by molar-refractivity contribution is -0.0727. The molecule has 1 amide bonds. The summed E-state index contributed by atoms with van der Waals surface area (Å²) in [5, 5.41) is 5.64. The van der Waals surface area contributed by atoms with Gasteiger partial charge in [0.1, 0.15) is 5.75 Å². The lowest BCUT2D eigenvalue weighted by atomic mass is 9.47. The molecule has 3 heteroatoms. The van der Waals surface area contributed by atoms with Gasteiger partial charge in [-0.3, -0.25) is 4.79 Å². The maximum absolute atomic E-state index is 13.3. The number of amides is 1. The van der Waals surface area contributed by atoms with Crippen LogP contribution in [0.25, 0.3) is 10.8 Å². The average Bonchev–Trinajstić information content (AvgIpc) is 2.69. The van der Waals surface area contributed by atoms with Crippen LogP contribution in [0.1, 0.15) is 62.2 Å². The van der Waals surface area contributed by atoms with Crippen molar-refractivity contribution in [3.05, 3.63) is 42.0 Å². The van der Waals surface area contributed by atoms with Crippen LogP contribution >= 0.6 is 0 Å². The summed E-state index contributed by atoms with van der Waals surface area (Å²) in [6.07, 6.45) is 9.24. The minimum Gasteiger partial charge on any atom is -0.496 e. The van der Waals surface area contributed by atoms with E-state index in [0.717, 1.165) is 34.9 Å². The number of benzene rings is 2. The van der Waals surface area contributed by atoms with Gasteiger partial charge < -0.3 is 10.1 Å². The van der Waals surface area contributed by atoms with Crippen molar-refractivity contribution in [3.8, 4) is 5.75 Å². The van der Waals surface area contributed by atoms with E-state index in [-0.39, 0.29) is 11.9 Å². The number of rotatable bonds is 5. The Bertz CT molecular complexity index is 867. The Kier molecular flexibility index (Phi) is 4.37. The van der Waals surface area contributed by atoms with Crippen molar-refractivity contribution < 1.29 is 9.53 Å². The van der Waals surface area contributed by atoms with Gasteiger partial charge in [0, 0.05) is 6.04 Å². The SMILES string of the molecule is CC[C@H](NC(=O)c1cc2ccccc2cc1OC)C12CC3CC(CC(C3)C1)C2. The molecule has 2 aromatic carbocycles. The topological polar surface area (TPSA) is 38.3 Å². The molecule has 148 valence electrons. The maximum Gasteiger partial charge on any atom is 0.255 e. The predicted octanol–water partition coefficient (Wildman–Crippen LogP) is 5.57. The molecule has 1 atom stereocenters. The molecule has 0 unspecified atom stereocenters. The van der Waals surface area contributed by atoms with Crippen LogP contribution in [0.4, 0.5) is 0 Å². The third-order valence-electron chi connectivity index (χ3n) is 7.85. The molecule has 0 heterocycles. The average molecular weight is 378 g/mol. The van der Waals surface area contributed by atoms with E-state index in [1.165, 1.54) is 38.5 Å². The van der Waals surface area contributed by atoms with Crippen LogP contribution in [0.2, 0.25) is 0 Å². The van der Waals surface area contributed by atoms with E-state index in [2.05, 4.69) is 24.4 Å². The second-order valence-corrected chi connectivity index (χ2v) is 9.61. The Morgan fingerprint density at radius 3 is 2.18 bits per heavy atom. The summed E-state index contributed by atoms with van der Waals surface area (Å²) >= 11 is 0. The number of carbonyl (C=O) groups excluding carboxylic acids is 1. The number of ether oxygens (including phenoxy) is 1. The van der Waals surface area contributed by atoms with Crippen molar-refractivity contribution in [2.24, 2.45) is 23.2 Å². The van der Waals surface area contributed by atoms with Crippen LogP contribution in [0.5, 0.6) is 5.75 Å². The van der Waals surface area contributed by atoms with Gasteiger partial charge in [0.2, 0.25) is 0 Å². The van der Waals surface area contributed by atoms with Gasteiger partial charge in [0.25, 0.3) is 5.91 Å². The number of nitrogens with one attached hydrogen (secondary N) is 1. The molecular formula is C25H31NO2. The first kappa shape index (κ1) is 18.0.